The smallest absolute Gasteiger partial charge is 0.238 e. The highest BCUT2D eigenvalue weighted by Crippen LogP contribution is 2.29. The van der Waals surface area contributed by atoms with E-state index in [4.69, 9.17) is 21.1 Å². The second-order valence-corrected chi connectivity index (χ2v) is 9.13. The zero-order valence-corrected chi connectivity index (χ0v) is 20.6. The maximum Gasteiger partial charge on any atom is 0.238 e. The van der Waals surface area contributed by atoms with Gasteiger partial charge in [-0.25, -0.2) is 0 Å². The number of nitrogens with one attached hydrogen (secondary N) is 2. The van der Waals surface area contributed by atoms with Gasteiger partial charge in [-0.05, 0) is 82.6 Å². The first-order chi connectivity index (χ1) is 16.4. The molecular weight excluding hydrogens is 454 g/mol. The van der Waals surface area contributed by atoms with Crippen molar-refractivity contribution >= 4 is 29.1 Å². The van der Waals surface area contributed by atoms with Gasteiger partial charge >= 0.3 is 0 Å². The van der Waals surface area contributed by atoms with Crippen LogP contribution in [0.15, 0.2) is 48.5 Å². The minimum Gasteiger partial charge on any atom is -0.456 e. The third-order valence-corrected chi connectivity index (χ3v) is 5.91. The molecule has 0 aliphatic carbocycles. The molecule has 0 spiro atoms. The number of halogens is 1. The van der Waals surface area contributed by atoms with Crippen LogP contribution in [0.2, 0.25) is 5.02 Å². The number of anilines is 1. The van der Waals surface area contributed by atoms with Crippen LogP contribution in [0.1, 0.15) is 33.1 Å². The van der Waals surface area contributed by atoms with Crippen molar-refractivity contribution in [2.24, 2.45) is 5.92 Å². The topological polar surface area (TPSA) is 79.9 Å². The fourth-order valence-corrected chi connectivity index (χ4v) is 3.94. The molecule has 1 aliphatic rings. The van der Waals surface area contributed by atoms with Crippen molar-refractivity contribution in [2.45, 2.75) is 39.2 Å². The summed E-state index contributed by atoms with van der Waals surface area (Å²) in [5, 5.41) is 6.46. The lowest BCUT2D eigenvalue weighted by atomic mass is 9.96. The van der Waals surface area contributed by atoms with Gasteiger partial charge in [0, 0.05) is 24.8 Å². The van der Waals surface area contributed by atoms with Gasteiger partial charge in [0.25, 0.3) is 0 Å². The Hall–Kier alpha value is -2.61. The first kappa shape index (κ1) is 26.0. The zero-order chi connectivity index (χ0) is 24.3. The minimum absolute atomic E-state index is 0.0102. The second kappa shape index (κ2) is 13.3. The van der Waals surface area contributed by atoms with E-state index in [9.17, 15) is 9.59 Å². The van der Waals surface area contributed by atoms with Gasteiger partial charge in [0.15, 0.2) is 0 Å². The number of likely N-dealkylation sites (tertiary alicyclic amines) is 1. The van der Waals surface area contributed by atoms with E-state index in [1.807, 2.05) is 26.0 Å². The molecule has 8 heteroatoms. The molecule has 2 aromatic rings. The van der Waals surface area contributed by atoms with E-state index in [0.717, 1.165) is 32.4 Å². The number of benzene rings is 2. The lowest BCUT2D eigenvalue weighted by Crippen LogP contribution is -2.43. The zero-order valence-electron chi connectivity index (χ0n) is 19.9. The summed E-state index contributed by atoms with van der Waals surface area (Å²) >= 11 is 6.12. The number of para-hydroxylation sites is 1. The standard InChI is InChI=1S/C26H34ClN3O4/c1-19(2)33-17-5-14-28-26(32)20-12-15-30(16-13-20)18-25(31)29-21-8-10-22(11-9-21)34-24-7-4-3-6-23(24)27/h3-4,6-11,19-20H,5,12-18H2,1-2H3,(H,28,32)(H,29,31). The summed E-state index contributed by atoms with van der Waals surface area (Å²) in [4.78, 5) is 26.9. The molecule has 2 amide bonds. The maximum absolute atomic E-state index is 12.5. The fourth-order valence-electron chi connectivity index (χ4n) is 3.76. The predicted octanol–water partition coefficient (Wildman–Crippen LogP) is 4.71. The molecule has 0 bridgehead atoms. The average Bonchev–Trinajstić information content (AvgIpc) is 2.81. The summed E-state index contributed by atoms with van der Waals surface area (Å²) < 4.78 is 11.3. The number of hydrogen-bond acceptors (Lipinski definition) is 5. The molecule has 0 radical (unpaired) electrons. The van der Waals surface area contributed by atoms with E-state index in [1.54, 1.807) is 36.4 Å². The Kier molecular flexibility index (Phi) is 10.2. The molecule has 1 aliphatic heterocycles. The lowest BCUT2D eigenvalue weighted by molar-refractivity contribution is -0.126. The van der Waals surface area contributed by atoms with Crippen molar-refractivity contribution in [2.75, 3.05) is 38.1 Å². The fraction of sp³-hybridized carbons (Fsp3) is 0.462. The molecule has 0 unspecified atom stereocenters. The van der Waals surface area contributed by atoms with Crippen LogP contribution in [-0.4, -0.2) is 55.6 Å². The normalized spacial score (nSPS) is 14.7. The van der Waals surface area contributed by atoms with Crippen LogP contribution in [-0.2, 0) is 14.3 Å². The molecule has 0 atom stereocenters. The number of amides is 2. The second-order valence-electron chi connectivity index (χ2n) is 8.72. The number of carbonyl (C=O) groups excluding carboxylic acids is 2. The number of piperidine rings is 1. The van der Waals surface area contributed by atoms with Crippen molar-refractivity contribution in [3.63, 3.8) is 0 Å². The molecule has 2 aromatic carbocycles. The third-order valence-electron chi connectivity index (χ3n) is 5.60. The Labute approximate surface area is 206 Å². The molecule has 3 rings (SSSR count). The summed E-state index contributed by atoms with van der Waals surface area (Å²) in [7, 11) is 0. The largest absolute Gasteiger partial charge is 0.456 e. The Balaban J connectivity index is 1.35. The Morgan fingerprint density at radius 1 is 1.09 bits per heavy atom. The molecule has 7 nitrogen and oxygen atoms in total. The Morgan fingerprint density at radius 2 is 1.79 bits per heavy atom. The predicted molar refractivity (Wildman–Crippen MR) is 134 cm³/mol. The molecule has 2 N–H and O–H groups in total. The van der Waals surface area contributed by atoms with E-state index in [1.165, 1.54) is 0 Å². The van der Waals surface area contributed by atoms with Crippen molar-refractivity contribution in [3.8, 4) is 11.5 Å². The van der Waals surface area contributed by atoms with Gasteiger partial charge in [-0.3, -0.25) is 14.5 Å². The summed E-state index contributed by atoms with van der Waals surface area (Å²) in [6.07, 6.45) is 2.55. The van der Waals surface area contributed by atoms with Gasteiger partial charge < -0.3 is 20.1 Å². The van der Waals surface area contributed by atoms with E-state index < -0.39 is 0 Å². The van der Waals surface area contributed by atoms with Gasteiger partial charge in [-0.1, -0.05) is 23.7 Å². The average molecular weight is 488 g/mol. The van der Waals surface area contributed by atoms with Crippen LogP contribution in [0.4, 0.5) is 5.69 Å². The minimum atomic E-state index is -0.0761. The van der Waals surface area contributed by atoms with E-state index >= 15 is 0 Å². The molecule has 1 fully saturated rings. The lowest BCUT2D eigenvalue weighted by Gasteiger charge is -2.30. The van der Waals surface area contributed by atoms with Crippen molar-refractivity contribution in [1.29, 1.82) is 0 Å². The van der Waals surface area contributed by atoms with Crippen LogP contribution < -0.4 is 15.4 Å². The van der Waals surface area contributed by atoms with Crippen LogP contribution in [0.25, 0.3) is 0 Å². The number of nitrogens with zero attached hydrogens (tertiary/aromatic N) is 1. The van der Waals surface area contributed by atoms with Crippen LogP contribution in [0, 0.1) is 5.92 Å². The quantitative estimate of drug-likeness (QED) is 0.448. The van der Waals surface area contributed by atoms with Gasteiger partial charge in [0.2, 0.25) is 11.8 Å². The van der Waals surface area contributed by atoms with Gasteiger partial charge in [0.05, 0.1) is 17.7 Å². The maximum atomic E-state index is 12.5. The molecule has 1 saturated heterocycles. The van der Waals surface area contributed by atoms with Crippen LogP contribution >= 0.6 is 11.6 Å². The monoisotopic (exact) mass is 487 g/mol. The van der Waals surface area contributed by atoms with Crippen LogP contribution in [0.5, 0.6) is 11.5 Å². The molecule has 184 valence electrons. The highest BCUT2D eigenvalue weighted by Gasteiger charge is 2.25. The number of hydrogen-bond donors (Lipinski definition) is 2. The van der Waals surface area contributed by atoms with E-state index in [-0.39, 0.29) is 23.8 Å². The summed E-state index contributed by atoms with van der Waals surface area (Å²) in [6, 6.07) is 14.4. The molecule has 1 heterocycles. The van der Waals surface area contributed by atoms with Crippen molar-refractivity contribution < 1.29 is 19.1 Å². The van der Waals surface area contributed by atoms with Crippen molar-refractivity contribution in [1.82, 2.24) is 10.2 Å². The number of carbonyl (C=O) groups is 2. The first-order valence-electron chi connectivity index (χ1n) is 11.8. The molecule has 0 aromatic heterocycles. The van der Waals surface area contributed by atoms with Crippen LogP contribution in [0.3, 0.4) is 0 Å². The number of rotatable bonds is 11. The van der Waals surface area contributed by atoms with Gasteiger partial charge in [-0.2, -0.15) is 0 Å². The highest BCUT2D eigenvalue weighted by molar-refractivity contribution is 6.32. The highest BCUT2D eigenvalue weighted by atomic mass is 35.5. The molecule has 34 heavy (non-hydrogen) atoms. The first-order valence-corrected chi connectivity index (χ1v) is 12.2. The van der Waals surface area contributed by atoms with Crippen molar-refractivity contribution in [3.05, 3.63) is 53.6 Å². The summed E-state index contributed by atoms with van der Waals surface area (Å²) in [5.41, 5.74) is 0.701. The Morgan fingerprint density at radius 3 is 2.47 bits per heavy atom. The molecule has 0 saturated carbocycles. The number of ether oxygens (including phenoxy) is 2. The third kappa shape index (κ3) is 8.63. The van der Waals surface area contributed by atoms with E-state index in [0.29, 0.717) is 41.9 Å². The summed E-state index contributed by atoms with van der Waals surface area (Å²) in [6.45, 7) is 7.05. The van der Waals surface area contributed by atoms with Gasteiger partial charge in [0.1, 0.15) is 11.5 Å². The Bertz CT molecular complexity index is 928. The molecular formula is C26H34ClN3O4. The summed E-state index contributed by atoms with van der Waals surface area (Å²) in [5.74, 6) is 1.26. The van der Waals surface area contributed by atoms with Gasteiger partial charge in [-0.15, -0.1) is 0 Å². The van der Waals surface area contributed by atoms with E-state index in [2.05, 4.69) is 15.5 Å². The SMILES string of the molecule is CC(C)OCCCNC(=O)C1CCN(CC(=O)Nc2ccc(Oc3ccccc3Cl)cc2)CC1.